The van der Waals surface area contributed by atoms with E-state index in [9.17, 15) is 8.78 Å². The molecule has 0 amide bonds. The van der Waals surface area contributed by atoms with Crippen LogP contribution in [0.25, 0.3) is 0 Å². The summed E-state index contributed by atoms with van der Waals surface area (Å²) in [7, 11) is 1.36. The number of rotatable bonds is 7. The average molecular weight is 410 g/mol. The molecular formula is C18H18BrF2N3O. The second-order valence-electron chi connectivity index (χ2n) is 5.68. The Hall–Kier alpha value is -2.15. The molecule has 1 fully saturated rings. The number of methoxy groups -OCH3 is 1. The van der Waals surface area contributed by atoms with Crippen LogP contribution >= 0.6 is 15.9 Å². The molecule has 1 saturated carbocycles. The monoisotopic (exact) mass is 409 g/mol. The lowest BCUT2D eigenvalue weighted by atomic mass is 10.1. The van der Waals surface area contributed by atoms with Crippen molar-refractivity contribution in [2.75, 3.05) is 19.0 Å². The lowest BCUT2D eigenvalue weighted by Crippen LogP contribution is -2.23. The van der Waals surface area contributed by atoms with Gasteiger partial charge in [0, 0.05) is 22.8 Å². The molecule has 1 aliphatic carbocycles. The quantitative estimate of drug-likeness (QED) is 0.712. The Morgan fingerprint density at radius 2 is 2.04 bits per heavy atom. The summed E-state index contributed by atoms with van der Waals surface area (Å²) in [5.74, 6) is 0.410. The number of halogens is 3. The highest BCUT2D eigenvalue weighted by Gasteiger charge is 2.19. The van der Waals surface area contributed by atoms with Gasteiger partial charge < -0.3 is 15.4 Å². The first-order valence-corrected chi connectivity index (χ1v) is 8.73. The Morgan fingerprint density at radius 1 is 1.24 bits per heavy atom. The van der Waals surface area contributed by atoms with Crippen LogP contribution in [0.3, 0.4) is 0 Å². The largest absolute Gasteiger partial charge is 0.494 e. The molecule has 1 heterocycles. The topological polar surface area (TPSA) is 46.2 Å². The standard InChI is InChI=1S/C18H18BrF2N3O/c1-25-15-6-5-14(20)13(17(15)21)8-9-22-18(11-2-3-11)24-16-7-4-12(19)10-23-16/h4-7,10,22H,2-3,8-9H2,1H3,(H,23,24). The van der Waals surface area contributed by atoms with Crippen molar-refractivity contribution in [3.8, 4) is 5.75 Å². The Kier molecular flexibility index (Phi) is 5.53. The van der Waals surface area contributed by atoms with Gasteiger partial charge in [-0.1, -0.05) is 0 Å². The third kappa shape index (κ3) is 4.48. The van der Waals surface area contributed by atoms with Crippen LogP contribution in [0, 0.1) is 11.6 Å². The number of ether oxygens (including phenoxy) is 1. The normalized spacial score (nSPS) is 12.7. The first-order valence-electron chi connectivity index (χ1n) is 7.94. The van der Waals surface area contributed by atoms with Gasteiger partial charge >= 0.3 is 0 Å². The highest BCUT2D eigenvalue weighted by Crippen LogP contribution is 2.31. The molecule has 3 rings (SSSR count). The van der Waals surface area contributed by atoms with Crippen molar-refractivity contribution in [2.24, 2.45) is 0 Å². The minimum absolute atomic E-state index is 0.0220. The fourth-order valence-electron chi connectivity index (χ4n) is 2.42. The summed E-state index contributed by atoms with van der Waals surface area (Å²) in [6.45, 7) is 0.392. The minimum Gasteiger partial charge on any atom is -0.494 e. The molecule has 2 aromatic rings. The fourth-order valence-corrected chi connectivity index (χ4v) is 2.66. The van der Waals surface area contributed by atoms with Crippen LogP contribution in [0.5, 0.6) is 5.75 Å². The predicted octanol–water partition coefficient (Wildman–Crippen LogP) is 4.38. The van der Waals surface area contributed by atoms with Crippen LogP contribution in [0.1, 0.15) is 18.4 Å². The summed E-state index contributed by atoms with van der Waals surface area (Å²) in [5.41, 5.74) is 1.27. The average Bonchev–Trinajstić information content (AvgIpc) is 3.44. The molecule has 0 atom stereocenters. The van der Waals surface area contributed by atoms with Crippen molar-refractivity contribution >= 4 is 21.7 Å². The van der Waals surface area contributed by atoms with E-state index in [1.165, 1.54) is 24.8 Å². The number of pyridine rings is 1. The maximum absolute atomic E-state index is 14.2. The van der Waals surface area contributed by atoms with Gasteiger partial charge in [0.05, 0.1) is 7.11 Å². The van der Waals surface area contributed by atoms with Gasteiger partial charge in [-0.25, -0.2) is 13.8 Å². The van der Waals surface area contributed by atoms with Crippen LogP contribution < -0.4 is 15.4 Å². The summed E-state index contributed by atoms with van der Waals surface area (Å²) in [5, 5.41) is 6.46. The van der Waals surface area contributed by atoms with E-state index in [1.807, 2.05) is 12.1 Å². The van der Waals surface area contributed by atoms with Crippen LogP contribution in [0.4, 0.5) is 14.6 Å². The molecular weight excluding hydrogens is 392 g/mol. The SMILES string of the molecule is COc1ccc(F)c(CCNC(Nc2ccc(Br)cn2)=C2CC2)c1F. The number of benzene rings is 1. The first kappa shape index (κ1) is 17.7. The van der Waals surface area contributed by atoms with Crippen molar-refractivity contribution in [1.29, 1.82) is 0 Å². The van der Waals surface area contributed by atoms with Crippen molar-refractivity contribution in [3.05, 3.63) is 63.5 Å². The zero-order valence-electron chi connectivity index (χ0n) is 13.7. The highest BCUT2D eigenvalue weighted by atomic mass is 79.9. The molecule has 4 nitrogen and oxygen atoms in total. The number of hydrogen-bond acceptors (Lipinski definition) is 4. The molecule has 132 valence electrons. The van der Waals surface area contributed by atoms with Crippen molar-refractivity contribution < 1.29 is 13.5 Å². The van der Waals surface area contributed by atoms with Crippen LogP contribution in [0.15, 0.2) is 46.3 Å². The van der Waals surface area contributed by atoms with Crippen LogP contribution in [0.2, 0.25) is 0 Å². The molecule has 0 bridgehead atoms. The first-order chi connectivity index (χ1) is 12.1. The molecule has 25 heavy (non-hydrogen) atoms. The van der Waals surface area contributed by atoms with Gasteiger partial charge in [-0.05, 0) is 65.0 Å². The van der Waals surface area contributed by atoms with Crippen LogP contribution in [-0.4, -0.2) is 18.6 Å². The second-order valence-corrected chi connectivity index (χ2v) is 6.60. The Bertz CT molecular complexity index is 788. The molecule has 0 saturated heterocycles. The van der Waals surface area contributed by atoms with Gasteiger partial charge in [-0.15, -0.1) is 0 Å². The van der Waals surface area contributed by atoms with Gasteiger partial charge in [0.2, 0.25) is 0 Å². The van der Waals surface area contributed by atoms with E-state index in [0.717, 1.165) is 23.1 Å². The van der Waals surface area contributed by atoms with E-state index < -0.39 is 11.6 Å². The number of hydrogen-bond donors (Lipinski definition) is 2. The minimum atomic E-state index is -0.646. The molecule has 0 spiro atoms. The van der Waals surface area contributed by atoms with E-state index in [1.54, 1.807) is 6.20 Å². The maximum Gasteiger partial charge on any atom is 0.171 e. The molecule has 1 aliphatic rings. The lowest BCUT2D eigenvalue weighted by Gasteiger charge is -2.14. The Balaban J connectivity index is 1.64. The molecule has 1 aromatic carbocycles. The van der Waals surface area contributed by atoms with E-state index >= 15 is 0 Å². The second kappa shape index (κ2) is 7.82. The molecule has 0 radical (unpaired) electrons. The lowest BCUT2D eigenvalue weighted by molar-refractivity contribution is 0.380. The summed E-state index contributed by atoms with van der Waals surface area (Å²) >= 11 is 3.35. The van der Waals surface area contributed by atoms with Gasteiger partial charge in [0.15, 0.2) is 11.6 Å². The van der Waals surface area contributed by atoms with E-state index in [0.29, 0.717) is 12.4 Å². The summed E-state index contributed by atoms with van der Waals surface area (Å²) in [4.78, 5) is 4.28. The van der Waals surface area contributed by atoms with Gasteiger partial charge in [-0.3, -0.25) is 0 Å². The van der Waals surface area contributed by atoms with Crippen molar-refractivity contribution in [2.45, 2.75) is 19.3 Å². The molecule has 1 aromatic heterocycles. The van der Waals surface area contributed by atoms with E-state index in [-0.39, 0.29) is 17.7 Å². The number of aromatic nitrogens is 1. The zero-order chi connectivity index (χ0) is 17.8. The van der Waals surface area contributed by atoms with Crippen molar-refractivity contribution in [1.82, 2.24) is 10.3 Å². The maximum atomic E-state index is 14.2. The molecule has 2 N–H and O–H groups in total. The molecule has 0 aliphatic heterocycles. The third-order valence-corrected chi connectivity index (χ3v) is 4.35. The highest BCUT2D eigenvalue weighted by molar-refractivity contribution is 9.10. The smallest absolute Gasteiger partial charge is 0.171 e. The van der Waals surface area contributed by atoms with Crippen molar-refractivity contribution in [3.63, 3.8) is 0 Å². The summed E-state index contributed by atoms with van der Waals surface area (Å²) < 4.78 is 33.9. The van der Waals surface area contributed by atoms with Gasteiger partial charge in [0.25, 0.3) is 0 Å². The summed E-state index contributed by atoms with van der Waals surface area (Å²) in [6, 6.07) is 6.27. The number of nitrogens with zero attached hydrogens (tertiary/aromatic N) is 1. The third-order valence-electron chi connectivity index (χ3n) is 3.88. The summed E-state index contributed by atoms with van der Waals surface area (Å²) in [6.07, 6.45) is 3.93. The molecule has 7 heteroatoms. The van der Waals surface area contributed by atoms with E-state index in [2.05, 4.69) is 31.5 Å². The zero-order valence-corrected chi connectivity index (χ0v) is 15.3. The van der Waals surface area contributed by atoms with Gasteiger partial charge in [0.1, 0.15) is 17.5 Å². The fraction of sp³-hybridized carbons (Fsp3) is 0.278. The van der Waals surface area contributed by atoms with Crippen LogP contribution in [-0.2, 0) is 6.42 Å². The van der Waals surface area contributed by atoms with E-state index in [4.69, 9.17) is 4.74 Å². The number of anilines is 1. The predicted molar refractivity (Wildman–Crippen MR) is 96.4 cm³/mol. The Labute approximate surface area is 153 Å². The molecule has 0 unspecified atom stereocenters. The number of allylic oxidation sites excluding steroid dienone is 1. The number of nitrogens with one attached hydrogen (secondary N) is 2. The Morgan fingerprint density at radius 3 is 2.68 bits per heavy atom. The van der Waals surface area contributed by atoms with Gasteiger partial charge in [-0.2, -0.15) is 0 Å².